The molecule has 0 N–H and O–H groups in total. The zero-order chi connectivity index (χ0) is 15.4. The lowest BCUT2D eigenvalue weighted by molar-refractivity contribution is 0.0359. The van der Waals surface area contributed by atoms with Gasteiger partial charge in [-0.05, 0) is 107 Å². The van der Waals surface area contributed by atoms with E-state index in [1.54, 1.807) is 0 Å². The van der Waals surface area contributed by atoms with E-state index in [9.17, 15) is 0 Å². The molecule has 1 nitrogen and oxygen atoms in total. The molecule has 0 amide bonds. The van der Waals surface area contributed by atoms with Gasteiger partial charge in [0.2, 0.25) is 0 Å². The molecule has 126 valence electrons. The van der Waals surface area contributed by atoms with E-state index in [1.807, 2.05) is 7.11 Å². The van der Waals surface area contributed by atoms with Crippen LogP contribution in [0.1, 0.15) is 77.0 Å². The van der Waals surface area contributed by atoms with E-state index in [4.69, 9.17) is 4.74 Å². The SMILES string of the molecule is C=CC1CCC(C2CCC(C3CCC(OC)CC3)CC2)CC1. The lowest BCUT2D eigenvalue weighted by Crippen LogP contribution is -2.30. The van der Waals surface area contributed by atoms with Crippen molar-refractivity contribution in [1.82, 2.24) is 0 Å². The van der Waals surface area contributed by atoms with Crippen LogP contribution in [-0.4, -0.2) is 13.2 Å². The Morgan fingerprint density at radius 1 is 0.636 bits per heavy atom. The van der Waals surface area contributed by atoms with Gasteiger partial charge in [0.25, 0.3) is 0 Å². The Hall–Kier alpha value is -0.300. The number of ether oxygens (including phenoxy) is 1. The van der Waals surface area contributed by atoms with Crippen LogP contribution in [0.3, 0.4) is 0 Å². The summed E-state index contributed by atoms with van der Waals surface area (Å²) in [6, 6.07) is 0. The third-order valence-electron chi connectivity index (χ3n) is 7.35. The van der Waals surface area contributed by atoms with E-state index in [0.717, 1.165) is 29.6 Å². The summed E-state index contributed by atoms with van der Waals surface area (Å²) < 4.78 is 5.53. The van der Waals surface area contributed by atoms with Crippen LogP contribution in [0.4, 0.5) is 0 Å². The molecule has 1 heteroatoms. The number of hydrogen-bond donors (Lipinski definition) is 0. The summed E-state index contributed by atoms with van der Waals surface area (Å²) in [4.78, 5) is 0. The van der Waals surface area contributed by atoms with Gasteiger partial charge in [-0.1, -0.05) is 6.08 Å². The third-order valence-corrected chi connectivity index (χ3v) is 7.35. The second-order valence-electron chi connectivity index (χ2n) is 8.36. The fourth-order valence-corrected chi connectivity index (χ4v) is 5.74. The van der Waals surface area contributed by atoms with E-state index in [-0.39, 0.29) is 0 Å². The maximum Gasteiger partial charge on any atom is 0.0571 e. The monoisotopic (exact) mass is 304 g/mol. The Morgan fingerprint density at radius 2 is 1.00 bits per heavy atom. The van der Waals surface area contributed by atoms with E-state index in [2.05, 4.69) is 12.7 Å². The Bertz CT molecular complexity index is 326. The highest BCUT2D eigenvalue weighted by Gasteiger charge is 2.34. The molecule has 0 aromatic rings. The summed E-state index contributed by atoms with van der Waals surface area (Å²) in [5.41, 5.74) is 0. The van der Waals surface area contributed by atoms with Crippen molar-refractivity contribution < 1.29 is 4.74 Å². The minimum Gasteiger partial charge on any atom is -0.381 e. The predicted octanol–water partition coefficient (Wildman–Crippen LogP) is 5.99. The molecule has 0 aromatic heterocycles. The minimum absolute atomic E-state index is 0.563. The van der Waals surface area contributed by atoms with E-state index >= 15 is 0 Å². The Kier molecular flexibility index (Phi) is 6.02. The van der Waals surface area contributed by atoms with Gasteiger partial charge >= 0.3 is 0 Å². The summed E-state index contributed by atoms with van der Waals surface area (Å²) in [5.74, 6) is 4.98. The van der Waals surface area contributed by atoms with Crippen molar-refractivity contribution in [3.05, 3.63) is 12.7 Å². The average Bonchev–Trinajstić information content (AvgIpc) is 2.62. The van der Waals surface area contributed by atoms with Crippen LogP contribution >= 0.6 is 0 Å². The normalized spacial score (nSPS) is 43.7. The van der Waals surface area contributed by atoms with Gasteiger partial charge in [0.05, 0.1) is 6.10 Å². The van der Waals surface area contributed by atoms with Gasteiger partial charge in [-0.2, -0.15) is 0 Å². The quantitative estimate of drug-likeness (QED) is 0.580. The Morgan fingerprint density at radius 3 is 1.36 bits per heavy atom. The maximum atomic E-state index is 5.53. The highest BCUT2D eigenvalue weighted by atomic mass is 16.5. The topological polar surface area (TPSA) is 9.23 Å². The standard InChI is InChI=1S/C21H36O/c1-3-16-4-6-17(7-5-16)18-8-10-19(11-9-18)20-12-14-21(22-2)15-13-20/h3,16-21H,1,4-15H2,2H3. The maximum absolute atomic E-state index is 5.53. The van der Waals surface area contributed by atoms with Crippen molar-refractivity contribution in [3.8, 4) is 0 Å². The molecule has 0 aliphatic heterocycles. The number of methoxy groups -OCH3 is 1. The van der Waals surface area contributed by atoms with Crippen LogP contribution in [-0.2, 0) is 4.74 Å². The molecule has 22 heavy (non-hydrogen) atoms. The molecule has 3 aliphatic rings. The van der Waals surface area contributed by atoms with Gasteiger partial charge in [0.15, 0.2) is 0 Å². The summed E-state index contributed by atoms with van der Waals surface area (Å²) >= 11 is 0. The zero-order valence-electron chi connectivity index (χ0n) is 14.6. The predicted molar refractivity (Wildman–Crippen MR) is 93.8 cm³/mol. The van der Waals surface area contributed by atoms with E-state index < -0.39 is 0 Å². The van der Waals surface area contributed by atoms with Crippen molar-refractivity contribution in [2.75, 3.05) is 7.11 Å². The van der Waals surface area contributed by atoms with Gasteiger partial charge in [-0.3, -0.25) is 0 Å². The third kappa shape index (κ3) is 3.96. The highest BCUT2D eigenvalue weighted by Crippen LogP contribution is 2.45. The zero-order valence-corrected chi connectivity index (χ0v) is 14.6. The largest absolute Gasteiger partial charge is 0.381 e. The van der Waals surface area contributed by atoms with Crippen LogP contribution in [0.5, 0.6) is 0 Å². The second kappa shape index (κ2) is 7.99. The molecule has 0 bridgehead atoms. The number of hydrogen-bond acceptors (Lipinski definition) is 1. The molecule has 0 unspecified atom stereocenters. The van der Waals surface area contributed by atoms with Gasteiger partial charge in [0.1, 0.15) is 0 Å². The summed E-state index contributed by atoms with van der Waals surface area (Å²) in [6.07, 6.45) is 20.1. The number of allylic oxidation sites excluding steroid dienone is 1. The molecule has 0 saturated heterocycles. The van der Waals surface area contributed by atoms with Crippen LogP contribution < -0.4 is 0 Å². The van der Waals surface area contributed by atoms with Gasteiger partial charge in [-0.25, -0.2) is 0 Å². The molecule has 0 atom stereocenters. The first-order chi connectivity index (χ1) is 10.8. The first-order valence-corrected chi connectivity index (χ1v) is 9.95. The molecular weight excluding hydrogens is 268 g/mol. The fraction of sp³-hybridized carbons (Fsp3) is 0.905. The summed E-state index contributed by atoms with van der Waals surface area (Å²) in [6.45, 7) is 3.99. The Balaban J connectivity index is 1.40. The van der Waals surface area contributed by atoms with Crippen LogP contribution in [0, 0.1) is 29.6 Å². The molecule has 0 heterocycles. The fourth-order valence-electron chi connectivity index (χ4n) is 5.74. The molecule has 0 spiro atoms. The molecule has 0 aromatic carbocycles. The minimum atomic E-state index is 0.563. The molecule has 3 aliphatic carbocycles. The smallest absolute Gasteiger partial charge is 0.0571 e. The van der Waals surface area contributed by atoms with Crippen molar-refractivity contribution in [2.24, 2.45) is 29.6 Å². The first kappa shape index (κ1) is 16.6. The lowest BCUT2D eigenvalue weighted by Gasteiger charge is -2.41. The van der Waals surface area contributed by atoms with E-state index in [1.165, 1.54) is 77.0 Å². The molecule has 3 saturated carbocycles. The second-order valence-corrected chi connectivity index (χ2v) is 8.36. The van der Waals surface area contributed by atoms with Crippen molar-refractivity contribution >= 4 is 0 Å². The lowest BCUT2D eigenvalue weighted by atomic mass is 9.65. The van der Waals surface area contributed by atoms with Gasteiger partial charge in [-0.15, -0.1) is 6.58 Å². The van der Waals surface area contributed by atoms with Crippen LogP contribution in [0.2, 0.25) is 0 Å². The summed E-state index contributed by atoms with van der Waals surface area (Å²) in [7, 11) is 1.89. The van der Waals surface area contributed by atoms with Crippen molar-refractivity contribution in [1.29, 1.82) is 0 Å². The molecular formula is C21H36O. The van der Waals surface area contributed by atoms with Crippen LogP contribution in [0.25, 0.3) is 0 Å². The molecule has 0 radical (unpaired) electrons. The van der Waals surface area contributed by atoms with Crippen molar-refractivity contribution in [3.63, 3.8) is 0 Å². The Labute approximate surface area is 137 Å². The average molecular weight is 305 g/mol. The van der Waals surface area contributed by atoms with Gasteiger partial charge < -0.3 is 4.74 Å². The van der Waals surface area contributed by atoms with Crippen molar-refractivity contribution in [2.45, 2.75) is 83.2 Å². The number of rotatable bonds is 4. The van der Waals surface area contributed by atoms with Gasteiger partial charge in [0, 0.05) is 7.11 Å². The first-order valence-electron chi connectivity index (χ1n) is 9.95. The van der Waals surface area contributed by atoms with Crippen LogP contribution in [0.15, 0.2) is 12.7 Å². The summed E-state index contributed by atoms with van der Waals surface area (Å²) in [5, 5.41) is 0. The highest BCUT2D eigenvalue weighted by molar-refractivity contribution is 4.89. The molecule has 3 rings (SSSR count). The molecule has 3 fully saturated rings. The van der Waals surface area contributed by atoms with E-state index in [0.29, 0.717) is 6.10 Å².